The number of methoxy groups -OCH3 is 2. The molecule has 1 N–H and O–H groups in total. The normalized spacial score (nSPS) is 13.0. The Hall–Kier alpha value is -1.93. The van der Waals surface area contributed by atoms with Crippen LogP contribution in [0, 0.1) is 17.2 Å². The summed E-state index contributed by atoms with van der Waals surface area (Å²) in [5, 5.41) is 14.8. The van der Waals surface area contributed by atoms with E-state index in [0.717, 1.165) is 44.3 Å². The first-order valence-corrected chi connectivity index (χ1v) is 11.4. The van der Waals surface area contributed by atoms with Crippen LogP contribution in [0.2, 0.25) is 10.0 Å². The Balaban J connectivity index is 1.91. The zero-order valence-corrected chi connectivity index (χ0v) is 20.3. The molecule has 0 heterocycles. The molecular weight excluding hydrogens is 431 g/mol. The van der Waals surface area contributed by atoms with Crippen LogP contribution in [0.15, 0.2) is 36.4 Å². The summed E-state index contributed by atoms with van der Waals surface area (Å²) in [5.41, 5.74) is 1.54. The first-order chi connectivity index (χ1) is 14.9. The largest absolute Gasteiger partial charge is 0.497 e. The topological polar surface area (TPSA) is 54.3 Å². The van der Waals surface area contributed by atoms with Crippen LogP contribution in [-0.2, 0) is 11.8 Å². The molecule has 2 rings (SSSR count). The Kier molecular flexibility index (Phi) is 9.96. The maximum Gasteiger partial charge on any atom is 0.122 e. The van der Waals surface area contributed by atoms with E-state index in [1.54, 1.807) is 14.2 Å². The molecule has 168 valence electrons. The lowest BCUT2D eigenvalue weighted by Crippen LogP contribution is -2.32. The molecular formula is C25H32Cl2N2O2. The fraction of sp³-hybridized carbons (Fsp3) is 0.480. The standard InChI is InChI=1S/C25H32Cl2N2O2/c1-18(2)25(17-28,20-14-21(30-3)16-22(15-20)31-4)10-6-12-29-11-5-7-19-8-9-23(26)24(27)13-19/h8-9,13-16,18,29H,5-7,10-12H2,1-4H3. The van der Waals surface area contributed by atoms with Crippen molar-refractivity contribution < 1.29 is 9.47 Å². The fourth-order valence-corrected chi connectivity index (χ4v) is 4.13. The van der Waals surface area contributed by atoms with E-state index in [9.17, 15) is 5.26 Å². The molecule has 0 aliphatic carbocycles. The minimum atomic E-state index is -0.594. The van der Waals surface area contributed by atoms with Gasteiger partial charge >= 0.3 is 0 Å². The summed E-state index contributed by atoms with van der Waals surface area (Å²) < 4.78 is 10.8. The number of hydrogen-bond donors (Lipinski definition) is 1. The van der Waals surface area contributed by atoms with E-state index in [-0.39, 0.29) is 5.92 Å². The van der Waals surface area contributed by atoms with Crippen LogP contribution in [-0.4, -0.2) is 27.3 Å². The molecule has 0 aromatic heterocycles. The highest BCUT2D eigenvalue weighted by Gasteiger charge is 2.36. The van der Waals surface area contributed by atoms with Crippen molar-refractivity contribution in [3.05, 3.63) is 57.6 Å². The summed E-state index contributed by atoms with van der Waals surface area (Å²) in [6, 6.07) is 14.1. The second-order valence-corrected chi connectivity index (χ2v) is 8.86. The van der Waals surface area contributed by atoms with Gasteiger partial charge < -0.3 is 14.8 Å². The predicted molar refractivity (Wildman–Crippen MR) is 129 cm³/mol. The molecule has 0 fully saturated rings. The van der Waals surface area contributed by atoms with Crippen molar-refractivity contribution in [2.24, 2.45) is 5.92 Å². The second-order valence-electron chi connectivity index (χ2n) is 8.04. The quantitative estimate of drug-likeness (QED) is 0.369. The third-order valence-corrected chi connectivity index (χ3v) is 6.52. The molecule has 2 aromatic rings. The van der Waals surface area contributed by atoms with Crippen molar-refractivity contribution in [3.8, 4) is 17.6 Å². The number of nitrogens with one attached hydrogen (secondary N) is 1. The number of rotatable bonds is 12. The van der Waals surface area contributed by atoms with Gasteiger partial charge in [-0.25, -0.2) is 0 Å². The van der Waals surface area contributed by atoms with Gasteiger partial charge in [0.05, 0.1) is 35.7 Å². The molecule has 4 nitrogen and oxygen atoms in total. The smallest absolute Gasteiger partial charge is 0.122 e. The molecule has 0 aliphatic heterocycles. The third kappa shape index (κ3) is 6.77. The van der Waals surface area contributed by atoms with Crippen LogP contribution in [0.5, 0.6) is 11.5 Å². The molecule has 1 unspecified atom stereocenters. The molecule has 0 saturated heterocycles. The summed E-state index contributed by atoms with van der Waals surface area (Å²) in [5.74, 6) is 1.56. The monoisotopic (exact) mass is 462 g/mol. The Bertz CT molecular complexity index is 873. The first kappa shape index (κ1) is 25.3. The van der Waals surface area contributed by atoms with Gasteiger partial charge in [0.1, 0.15) is 11.5 Å². The van der Waals surface area contributed by atoms with Gasteiger partial charge in [0.25, 0.3) is 0 Å². The van der Waals surface area contributed by atoms with Gasteiger partial charge in [0.15, 0.2) is 0 Å². The van der Waals surface area contributed by atoms with Gasteiger partial charge in [-0.3, -0.25) is 0 Å². The van der Waals surface area contributed by atoms with E-state index in [1.807, 2.05) is 36.4 Å². The van der Waals surface area contributed by atoms with E-state index in [2.05, 4.69) is 25.2 Å². The SMILES string of the molecule is COc1cc(OC)cc(C(C#N)(CCCNCCCc2ccc(Cl)c(Cl)c2)C(C)C)c1. The summed E-state index contributed by atoms with van der Waals surface area (Å²) >= 11 is 12.0. The fourth-order valence-electron chi connectivity index (χ4n) is 3.81. The number of nitriles is 1. The van der Waals surface area contributed by atoms with Crippen molar-refractivity contribution >= 4 is 23.2 Å². The average molecular weight is 463 g/mol. The van der Waals surface area contributed by atoms with Crippen LogP contribution in [0.4, 0.5) is 0 Å². The minimum absolute atomic E-state index is 0.156. The highest BCUT2D eigenvalue weighted by atomic mass is 35.5. The molecule has 0 aliphatic rings. The van der Waals surface area contributed by atoms with Crippen LogP contribution >= 0.6 is 23.2 Å². The van der Waals surface area contributed by atoms with Gasteiger partial charge in [-0.05, 0) is 80.1 Å². The molecule has 0 saturated carbocycles. The molecule has 1 atom stereocenters. The van der Waals surface area contributed by atoms with Crippen LogP contribution < -0.4 is 14.8 Å². The predicted octanol–water partition coefficient (Wildman–Crippen LogP) is 6.43. The first-order valence-electron chi connectivity index (χ1n) is 10.7. The molecule has 6 heteroatoms. The molecule has 0 spiro atoms. The van der Waals surface area contributed by atoms with E-state index >= 15 is 0 Å². The molecule has 31 heavy (non-hydrogen) atoms. The Labute approximate surface area is 196 Å². The molecule has 0 amide bonds. The molecule has 2 aromatic carbocycles. The average Bonchev–Trinajstić information content (AvgIpc) is 2.77. The van der Waals surface area contributed by atoms with Crippen molar-refractivity contribution in [2.45, 2.75) is 44.9 Å². The van der Waals surface area contributed by atoms with Gasteiger partial charge in [-0.15, -0.1) is 0 Å². The Morgan fingerprint density at radius 3 is 2.16 bits per heavy atom. The van der Waals surface area contributed by atoms with Crippen molar-refractivity contribution in [2.75, 3.05) is 27.3 Å². The van der Waals surface area contributed by atoms with E-state index in [4.69, 9.17) is 32.7 Å². The summed E-state index contributed by atoms with van der Waals surface area (Å²) in [4.78, 5) is 0. The van der Waals surface area contributed by atoms with E-state index in [1.165, 1.54) is 5.56 Å². The van der Waals surface area contributed by atoms with Crippen LogP contribution in [0.25, 0.3) is 0 Å². The number of hydrogen-bond acceptors (Lipinski definition) is 4. The van der Waals surface area contributed by atoms with Crippen LogP contribution in [0.1, 0.15) is 44.2 Å². The Morgan fingerprint density at radius 2 is 1.61 bits per heavy atom. The van der Waals surface area contributed by atoms with Gasteiger partial charge in [0.2, 0.25) is 0 Å². The van der Waals surface area contributed by atoms with Gasteiger partial charge in [-0.1, -0.05) is 43.1 Å². The number of ether oxygens (including phenoxy) is 2. The molecule has 0 bridgehead atoms. The lowest BCUT2D eigenvalue weighted by molar-refractivity contribution is 0.348. The van der Waals surface area contributed by atoms with Crippen molar-refractivity contribution in [1.29, 1.82) is 5.26 Å². The summed E-state index contributed by atoms with van der Waals surface area (Å²) in [7, 11) is 3.26. The van der Waals surface area contributed by atoms with E-state index in [0.29, 0.717) is 21.5 Å². The zero-order valence-electron chi connectivity index (χ0n) is 18.8. The van der Waals surface area contributed by atoms with Gasteiger partial charge in [0, 0.05) is 6.07 Å². The number of benzene rings is 2. The van der Waals surface area contributed by atoms with Crippen LogP contribution in [0.3, 0.4) is 0 Å². The second kappa shape index (κ2) is 12.2. The Morgan fingerprint density at radius 1 is 0.968 bits per heavy atom. The van der Waals surface area contributed by atoms with E-state index < -0.39 is 5.41 Å². The third-order valence-electron chi connectivity index (χ3n) is 5.78. The summed E-state index contributed by atoms with van der Waals surface area (Å²) in [6.45, 7) is 5.97. The number of nitrogens with zero attached hydrogens (tertiary/aromatic N) is 1. The highest BCUT2D eigenvalue weighted by molar-refractivity contribution is 6.42. The van der Waals surface area contributed by atoms with Crippen molar-refractivity contribution in [1.82, 2.24) is 5.32 Å². The van der Waals surface area contributed by atoms with Crippen molar-refractivity contribution in [3.63, 3.8) is 0 Å². The lowest BCUT2D eigenvalue weighted by atomic mass is 9.69. The zero-order chi connectivity index (χ0) is 22.9. The summed E-state index contributed by atoms with van der Waals surface area (Å²) in [6.07, 6.45) is 3.62. The number of halogens is 2. The highest BCUT2D eigenvalue weighted by Crippen LogP contribution is 2.39. The lowest BCUT2D eigenvalue weighted by Gasteiger charge is -2.32. The maximum absolute atomic E-state index is 10.2. The minimum Gasteiger partial charge on any atom is -0.497 e. The van der Waals surface area contributed by atoms with Gasteiger partial charge in [-0.2, -0.15) is 5.26 Å². The molecule has 0 radical (unpaired) electrons. The number of aryl methyl sites for hydroxylation is 1. The maximum atomic E-state index is 10.2.